The van der Waals surface area contributed by atoms with Gasteiger partial charge in [0.2, 0.25) is 0 Å². The smallest absolute Gasteiger partial charge is 0.169 e. The van der Waals surface area contributed by atoms with Crippen LogP contribution in [0.3, 0.4) is 0 Å². The van der Waals surface area contributed by atoms with Crippen molar-refractivity contribution in [3.05, 3.63) is 89.5 Å². The van der Waals surface area contributed by atoms with Gasteiger partial charge in [-0.15, -0.1) is 0 Å². The zero-order chi connectivity index (χ0) is 21.4. The Balaban J connectivity index is 1.58. The van der Waals surface area contributed by atoms with Crippen LogP contribution in [0.4, 0.5) is 0 Å². The Morgan fingerprint density at radius 2 is 1.47 bits per heavy atom. The first-order valence-electron chi connectivity index (χ1n) is 10.1. The molecule has 0 heterocycles. The summed E-state index contributed by atoms with van der Waals surface area (Å²) in [5.74, 6) is 2.15. The first kappa shape index (κ1) is 21.9. The standard InChI is InChI=1S/C26H30O4/c1-26(2,22-14-12-20(13-15-22)17-27-3)19-29-18-21-8-7-9-23(16-21)30-25-11-6-5-10-24(25)28-4/h5-16H,17-19H2,1-4H3. The molecule has 0 saturated heterocycles. The van der Waals surface area contributed by atoms with Crippen LogP contribution in [-0.2, 0) is 28.1 Å². The Morgan fingerprint density at radius 3 is 2.17 bits per heavy atom. The van der Waals surface area contributed by atoms with E-state index < -0.39 is 0 Å². The fourth-order valence-corrected chi connectivity index (χ4v) is 3.26. The van der Waals surface area contributed by atoms with Crippen LogP contribution < -0.4 is 9.47 Å². The molecule has 0 amide bonds. The minimum atomic E-state index is -0.0862. The Kier molecular flexibility index (Phi) is 7.50. The Bertz CT molecular complexity index is 932. The van der Waals surface area contributed by atoms with Gasteiger partial charge in [0.15, 0.2) is 11.5 Å². The summed E-state index contributed by atoms with van der Waals surface area (Å²) in [4.78, 5) is 0. The van der Waals surface area contributed by atoms with Gasteiger partial charge in [-0.25, -0.2) is 0 Å². The van der Waals surface area contributed by atoms with Crippen molar-refractivity contribution in [3.63, 3.8) is 0 Å². The minimum absolute atomic E-state index is 0.0862. The third-order valence-corrected chi connectivity index (χ3v) is 4.97. The normalized spacial score (nSPS) is 11.3. The van der Waals surface area contributed by atoms with E-state index in [1.54, 1.807) is 14.2 Å². The van der Waals surface area contributed by atoms with Gasteiger partial charge in [-0.1, -0.05) is 62.4 Å². The maximum atomic E-state index is 6.06. The maximum absolute atomic E-state index is 6.06. The lowest BCUT2D eigenvalue weighted by molar-refractivity contribution is 0.0824. The van der Waals surface area contributed by atoms with Crippen LogP contribution >= 0.6 is 0 Å². The van der Waals surface area contributed by atoms with E-state index in [1.165, 1.54) is 11.1 Å². The molecule has 0 aromatic heterocycles. The predicted octanol–water partition coefficient (Wildman–Crippen LogP) is 6.13. The van der Waals surface area contributed by atoms with Gasteiger partial charge >= 0.3 is 0 Å². The molecule has 4 heteroatoms. The van der Waals surface area contributed by atoms with Gasteiger partial charge in [-0.05, 0) is 41.0 Å². The quantitative estimate of drug-likeness (QED) is 0.406. The molecule has 0 aliphatic heterocycles. The molecule has 3 aromatic carbocycles. The van der Waals surface area contributed by atoms with Crippen molar-refractivity contribution in [2.45, 2.75) is 32.5 Å². The molecule has 158 valence electrons. The molecular weight excluding hydrogens is 376 g/mol. The largest absolute Gasteiger partial charge is 0.493 e. The summed E-state index contributed by atoms with van der Waals surface area (Å²) in [6, 6.07) is 24.1. The van der Waals surface area contributed by atoms with Gasteiger partial charge in [0.1, 0.15) is 5.75 Å². The highest BCUT2D eigenvalue weighted by molar-refractivity contribution is 5.43. The zero-order valence-electron chi connectivity index (χ0n) is 18.2. The lowest BCUT2D eigenvalue weighted by Gasteiger charge is -2.25. The molecule has 0 bridgehead atoms. The van der Waals surface area contributed by atoms with Crippen molar-refractivity contribution in [2.24, 2.45) is 0 Å². The van der Waals surface area contributed by atoms with Crippen LogP contribution in [0, 0.1) is 0 Å². The van der Waals surface area contributed by atoms with E-state index >= 15 is 0 Å². The Labute approximate surface area is 179 Å². The number of hydrogen-bond acceptors (Lipinski definition) is 4. The Hall–Kier alpha value is -2.82. The second-order valence-electron chi connectivity index (χ2n) is 7.91. The van der Waals surface area contributed by atoms with Gasteiger partial charge in [0.05, 0.1) is 26.9 Å². The van der Waals surface area contributed by atoms with Crippen molar-refractivity contribution in [1.29, 1.82) is 0 Å². The van der Waals surface area contributed by atoms with Crippen LogP contribution in [0.2, 0.25) is 0 Å². The summed E-state index contributed by atoms with van der Waals surface area (Å²) < 4.78 is 22.6. The van der Waals surface area contributed by atoms with Crippen LogP contribution in [0.25, 0.3) is 0 Å². The third kappa shape index (κ3) is 5.85. The van der Waals surface area contributed by atoms with Gasteiger partial charge in [-0.3, -0.25) is 0 Å². The van der Waals surface area contributed by atoms with Crippen molar-refractivity contribution in [2.75, 3.05) is 20.8 Å². The maximum Gasteiger partial charge on any atom is 0.169 e. The second kappa shape index (κ2) is 10.3. The SMILES string of the molecule is COCc1ccc(C(C)(C)COCc2cccc(Oc3ccccc3OC)c2)cc1. The van der Waals surface area contributed by atoms with E-state index in [9.17, 15) is 0 Å². The molecule has 30 heavy (non-hydrogen) atoms. The lowest BCUT2D eigenvalue weighted by Crippen LogP contribution is -2.24. The van der Waals surface area contributed by atoms with Crippen molar-refractivity contribution in [3.8, 4) is 17.2 Å². The van der Waals surface area contributed by atoms with Crippen LogP contribution in [-0.4, -0.2) is 20.8 Å². The predicted molar refractivity (Wildman–Crippen MR) is 119 cm³/mol. The average molecular weight is 407 g/mol. The summed E-state index contributed by atoms with van der Waals surface area (Å²) in [5, 5.41) is 0. The average Bonchev–Trinajstić information content (AvgIpc) is 2.75. The van der Waals surface area contributed by atoms with Crippen molar-refractivity contribution >= 4 is 0 Å². The van der Waals surface area contributed by atoms with Crippen molar-refractivity contribution < 1.29 is 18.9 Å². The molecule has 0 N–H and O–H groups in total. The summed E-state index contributed by atoms with van der Waals surface area (Å²) in [5.41, 5.74) is 3.39. The number of methoxy groups -OCH3 is 2. The number of para-hydroxylation sites is 2. The minimum Gasteiger partial charge on any atom is -0.493 e. The molecule has 3 rings (SSSR count). The van der Waals surface area contributed by atoms with Crippen LogP contribution in [0.15, 0.2) is 72.8 Å². The first-order chi connectivity index (χ1) is 14.5. The lowest BCUT2D eigenvalue weighted by atomic mass is 9.85. The molecule has 0 saturated carbocycles. The highest BCUT2D eigenvalue weighted by atomic mass is 16.5. The molecule has 0 radical (unpaired) electrons. The van der Waals surface area contributed by atoms with Crippen LogP contribution in [0.5, 0.6) is 17.2 Å². The monoisotopic (exact) mass is 406 g/mol. The van der Waals surface area contributed by atoms with Crippen molar-refractivity contribution in [1.82, 2.24) is 0 Å². The molecule has 0 aliphatic rings. The second-order valence-corrected chi connectivity index (χ2v) is 7.91. The van der Waals surface area contributed by atoms with E-state index in [0.29, 0.717) is 31.3 Å². The molecule has 0 atom stereocenters. The van der Waals surface area contributed by atoms with Gasteiger partial charge in [-0.2, -0.15) is 0 Å². The number of rotatable bonds is 10. The molecule has 0 spiro atoms. The fourth-order valence-electron chi connectivity index (χ4n) is 3.26. The van der Waals surface area contributed by atoms with Crippen LogP contribution in [0.1, 0.15) is 30.5 Å². The van der Waals surface area contributed by atoms with Gasteiger partial charge in [0, 0.05) is 12.5 Å². The zero-order valence-corrected chi connectivity index (χ0v) is 18.2. The fraction of sp³-hybridized carbons (Fsp3) is 0.308. The first-order valence-corrected chi connectivity index (χ1v) is 10.1. The molecule has 3 aromatic rings. The highest BCUT2D eigenvalue weighted by Gasteiger charge is 2.21. The third-order valence-electron chi connectivity index (χ3n) is 4.97. The summed E-state index contributed by atoms with van der Waals surface area (Å²) in [7, 11) is 3.35. The summed E-state index contributed by atoms with van der Waals surface area (Å²) >= 11 is 0. The summed E-state index contributed by atoms with van der Waals surface area (Å²) in [6.45, 7) is 6.16. The molecule has 0 aliphatic carbocycles. The molecule has 0 fully saturated rings. The molecule has 0 unspecified atom stereocenters. The van der Waals surface area contributed by atoms with E-state index in [4.69, 9.17) is 18.9 Å². The number of hydrogen-bond donors (Lipinski definition) is 0. The number of benzene rings is 3. The molecule has 4 nitrogen and oxygen atoms in total. The van der Waals surface area contributed by atoms with Gasteiger partial charge < -0.3 is 18.9 Å². The van der Waals surface area contributed by atoms with E-state index in [0.717, 1.165) is 11.3 Å². The van der Waals surface area contributed by atoms with E-state index in [1.807, 2.05) is 48.5 Å². The van der Waals surface area contributed by atoms with E-state index in [2.05, 4.69) is 38.1 Å². The molecular formula is C26H30O4. The Morgan fingerprint density at radius 1 is 0.733 bits per heavy atom. The number of ether oxygens (including phenoxy) is 4. The van der Waals surface area contributed by atoms with E-state index in [-0.39, 0.29) is 5.41 Å². The summed E-state index contributed by atoms with van der Waals surface area (Å²) in [6.07, 6.45) is 0. The highest BCUT2D eigenvalue weighted by Crippen LogP contribution is 2.31. The van der Waals surface area contributed by atoms with Gasteiger partial charge in [0.25, 0.3) is 0 Å². The topological polar surface area (TPSA) is 36.9 Å².